The maximum Gasteiger partial charge on any atom is 0.269 e. The minimum atomic E-state index is -0.481. The van der Waals surface area contributed by atoms with Crippen molar-refractivity contribution in [1.82, 2.24) is 5.43 Å². The van der Waals surface area contributed by atoms with Crippen LogP contribution in [0, 0.1) is 10.1 Å². The fourth-order valence-corrected chi connectivity index (χ4v) is 1.85. The second-order valence-corrected chi connectivity index (χ2v) is 4.92. The van der Waals surface area contributed by atoms with E-state index in [2.05, 4.69) is 10.5 Å². The summed E-state index contributed by atoms with van der Waals surface area (Å²) in [6.45, 7) is 0.214. The summed E-state index contributed by atoms with van der Waals surface area (Å²) >= 11 is 0. The summed E-state index contributed by atoms with van der Waals surface area (Å²) in [5, 5.41) is 14.3. The van der Waals surface area contributed by atoms with E-state index >= 15 is 0 Å². The maximum absolute atomic E-state index is 11.7. The number of hydrogen-bond acceptors (Lipinski definition) is 6. The molecule has 8 nitrogen and oxygen atoms in total. The van der Waals surface area contributed by atoms with E-state index in [-0.39, 0.29) is 24.6 Å². The number of rotatable bonds is 8. The molecule has 0 saturated heterocycles. The highest BCUT2D eigenvalue weighted by Gasteiger charge is 2.03. The molecule has 0 aliphatic rings. The number of non-ortho nitro benzene ring substituents is 1. The Labute approximate surface area is 144 Å². The van der Waals surface area contributed by atoms with Gasteiger partial charge in [-0.2, -0.15) is 5.10 Å². The molecule has 2 aromatic rings. The van der Waals surface area contributed by atoms with E-state index in [1.807, 2.05) is 0 Å². The summed E-state index contributed by atoms with van der Waals surface area (Å²) in [7, 11) is 1.58. The second kappa shape index (κ2) is 9.02. The third kappa shape index (κ3) is 5.94. The molecule has 2 rings (SSSR count). The van der Waals surface area contributed by atoms with Gasteiger partial charge in [0.15, 0.2) is 0 Å². The molecule has 0 fully saturated rings. The second-order valence-electron chi connectivity index (χ2n) is 4.92. The largest absolute Gasteiger partial charge is 0.497 e. The molecule has 1 amide bonds. The van der Waals surface area contributed by atoms with E-state index in [1.165, 1.54) is 18.3 Å². The number of amides is 1. The van der Waals surface area contributed by atoms with Crippen molar-refractivity contribution >= 4 is 17.8 Å². The molecule has 130 valence electrons. The van der Waals surface area contributed by atoms with Crippen molar-refractivity contribution < 1.29 is 19.2 Å². The number of hydrogen-bond donors (Lipinski definition) is 1. The molecule has 2 aromatic carbocycles. The van der Waals surface area contributed by atoms with Crippen LogP contribution in [0.3, 0.4) is 0 Å². The quantitative estimate of drug-likeness (QED) is 0.451. The van der Waals surface area contributed by atoms with Crippen molar-refractivity contribution in [1.29, 1.82) is 0 Å². The fraction of sp³-hybridized carbons (Fsp3) is 0.176. The highest BCUT2D eigenvalue weighted by atomic mass is 16.6. The predicted octanol–water partition coefficient (Wildman–Crippen LogP) is 2.52. The van der Waals surface area contributed by atoms with Gasteiger partial charge in [-0.1, -0.05) is 0 Å². The number of carbonyl (C=O) groups is 1. The van der Waals surface area contributed by atoms with E-state index < -0.39 is 4.92 Å². The van der Waals surface area contributed by atoms with E-state index in [9.17, 15) is 14.9 Å². The summed E-state index contributed by atoms with van der Waals surface area (Å²) in [6, 6.07) is 12.9. The Kier molecular flexibility index (Phi) is 6.47. The maximum atomic E-state index is 11.7. The first-order valence-electron chi connectivity index (χ1n) is 7.41. The summed E-state index contributed by atoms with van der Waals surface area (Å²) < 4.78 is 10.5. The smallest absolute Gasteiger partial charge is 0.269 e. The Hall–Kier alpha value is -3.42. The lowest BCUT2D eigenvalue weighted by molar-refractivity contribution is -0.384. The van der Waals surface area contributed by atoms with E-state index in [0.29, 0.717) is 11.3 Å². The standard InChI is InChI=1S/C17H17N3O5/c1-24-15-6-8-16(9-7-15)25-11-10-17(21)19-18-12-13-2-4-14(5-3-13)20(22)23/h2-9,12H,10-11H2,1H3,(H,19,21). The Bertz CT molecular complexity index is 742. The predicted molar refractivity (Wildman–Crippen MR) is 91.9 cm³/mol. The number of benzene rings is 2. The van der Waals surface area contributed by atoms with Crippen molar-refractivity contribution in [2.75, 3.05) is 13.7 Å². The van der Waals surface area contributed by atoms with Crippen LogP contribution < -0.4 is 14.9 Å². The van der Waals surface area contributed by atoms with Crippen molar-refractivity contribution in [2.24, 2.45) is 5.10 Å². The van der Waals surface area contributed by atoms with Crippen LogP contribution in [0.5, 0.6) is 11.5 Å². The molecule has 8 heteroatoms. The van der Waals surface area contributed by atoms with Gasteiger partial charge >= 0.3 is 0 Å². The molecule has 0 aromatic heterocycles. The summed E-state index contributed by atoms with van der Waals surface area (Å²) in [6.07, 6.45) is 1.55. The molecule has 1 N–H and O–H groups in total. The lowest BCUT2D eigenvalue weighted by Crippen LogP contribution is -2.19. The van der Waals surface area contributed by atoms with Gasteiger partial charge in [0.1, 0.15) is 11.5 Å². The summed E-state index contributed by atoms with van der Waals surface area (Å²) in [5.41, 5.74) is 3.01. The number of nitro groups is 1. The number of carbonyl (C=O) groups excluding carboxylic acids is 1. The van der Waals surface area contributed by atoms with Gasteiger partial charge in [-0.05, 0) is 42.0 Å². The Balaban J connectivity index is 1.71. The Morgan fingerprint density at radius 2 is 1.80 bits per heavy atom. The van der Waals surface area contributed by atoms with Gasteiger partial charge < -0.3 is 9.47 Å². The molecular weight excluding hydrogens is 326 g/mol. The monoisotopic (exact) mass is 343 g/mol. The van der Waals surface area contributed by atoms with Crippen LogP contribution in [-0.2, 0) is 4.79 Å². The molecular formula is C17H17N3O5. The molecule has 0 bridgehead atoms. The lowest BCUT2D eigenvalue weighted by atomic mass is 10.2. The summed E-state index contributed by atoms with van der Waals surface area (Å²) in [5.74, 6) is 1.07. The van der Waals surface area contributed by atoms with Gasteiger partial charge in [0.05, 0.1) is 31.3 Å². The van der Waals surface area contributed by atoms with Gasteiger partial charge in [0.25, 0.3) is 5.69 Å². The molecule has 0 spiro atoms. The van der Waals surface area contributed by atoms with Crippen LogP contribution in [-0.4, -0.2) is 30.8 Å². The topological polar surface area (TPSA) is 103 Å². The average molecular weight is 343 g/mol. The van der Waals surface area contributed by atoms with E-state index in [0.717, 1.165) is 5.75 Å². The molecule has 0 saturated carbocycles. The Morgan fingerprint density at radius 3 is 2.40 bits per heavy atom. The summed E-state index contributed by atoms with van der Waals surface area (Å²) in [4.78, 5) is 21.7. The molecule has 0 heterocycles. The lowest BCUT2D eigenvalue weighted by Gasteiger charge is -2.06. The van der Waals surface area contributed by atoms with Crippen LogP contribution in [0.25, 0.3) is 0 Å². The number of nitrogens with zero attached hydrogens (tertiary/aromatic N) is 2. The van der Waals surface area contributed by atoms with Crippen LogP contribution in [0.1, 0.15) is 12.0 Å². The van der Waals surface area contributed by atoms with Crippen molar-refractivity contribution in [2.45, 2.75) is 6.42 Å². The Morgan fingerprint density at radius 1 is 1.16 bits per heavy atom. The SMILES string of the molecule is COc1ccc(OCCC(=O)NN=Cc2ccc([N+](=O)[O-])cc2)cc1. The zero-order valence-electron chi connectivity index (χ0n) is 13.5. The van der Waals surface area contributed by atoms with Gasteiger partial charge in [-0.25, -0.2) is 5.43 Å². The fourth-order valence-electron chi connectivity index (χ4n) is 1.85. The van der Waals surface area contributed by atoms with Crippen LogP contribution in [0.2, 0.25) is 0 Å². The normalized spacial score (nSPS) is 10.4. The highest BCUT2D eigenvalue weighted by molar-refractivity contribution is 5.82. The van der Waals surface area contributed by atoms with Crippen LogP contribution in [0.4, 0.5) is 5.69 Å². The minimum Gasteiger partial charge on any atom is -0.497 e. The molecule has 0 radical (unpaired) electrons. The average Bonchev–Trinajstić information content (AvgIpc) is 2.63. The third-order valence-corrected chi connectivity index (χ3v) is 3.16. The zero-order valence-corrected chi connectivity index (χ0v) is 13.5. The molecule has 25 heavy (non-hydrogen) atoms. The van der Waals surface area contributed by atoms with Gasteiger partial charge in [0, 0.05) is 12.1 Å². The van der Waals surface area contributed by atoms with Gasteiger partial charge in [-0.3, -0.25) is 14.9 Å². The molecule has 0 unspecified atom stereocenters. The van der Waals surface area contributed by atoms with Gasteiger partial charge in [0.2, 0.25) is 5.91 Å². The number of hydrazone groups is 1. The van der Waals surface area contributed by atoms with Crippen molar-refractivity contribution in [3.63, 3.8) is 0 Å². The van der Waals surface area contributed by atoms with E-state index in [1.54, 1.807) is 43.5 Å². The molecule has 0 atom stereocenters. The number of methoxy groups -OCH3 is 1. The van der Waals surface area contributed by atoms with Crippen molar-refractivity contribution in [3.8, 4) is 11.5 Å². The minimum absolute atomic E-state index is 0.00290. The third-order valence-electron chi connectivity index (χ3n) is 3.16. The molecule has 0 aliphatic heterocycles. The van der Waals surface area contributed by atoms with Crippen molar-refractivity contribution in [3.05, 3.63) is 64.2 Å². The number of nitrogens with one attached hydrogen (secondary N) is 1. The number of nitro benzene ring substituents is 1. The number of ether oxygens (including phenoxy) is 2. The van der Waals surface area contributed by atoms with Gasteiger partial charge in [-0.15, -0.1) is 0 Å². The first kappa shape index (κ1) is 17.9. The van der Waals surface area contributed by atoms with Crippen LogP contribution >= 0.6 is 0 Å². The van der Waals surface area contributed by atoms with Crippen LogP contribution in [0.15, 0.2) is 53.6 Å². The molecule has 0 aliphatic carbocycles. The first-order valence-corrected chi connectivity index (χ1v) is 7.41. The first-order chi connectivity index (χ1) is 12.1. The highest BCUT2D eigenvalue weighted by Crippen LogP contribution is 2.17. The van der Waals surface area contributed by atoms with E-state index in [4.69, 9.17) is 9.47 Å². The zero-order chi connectivity index (χ0) is 18.1.